The van der Waals surface area contributed by atoms with E-state index in [0.717, 1.165) is 15.6 Å². The second-order valence-corrected chi connectivity index (χ2v) is 7.91. The Kier molecular flexibility index (Phi) is 4.37. The molecule has 0 saturated carbocycles. The zero-order valence-corrected chi connectivity index (χ0v) is 16.3. The number of hydrogen-bond acceptors (Lipinski definition) is 4. The van der Waals surface area contributed by atoms with E-state index in [9.17, 15) is 4.79 Å². The molecule has 8 heteroatoms. The zero-order chi connectivity index (χ0) is 17.6. The molecule has 0 amide bonds. The van der Waals surface area contributed by atoms with Crippen LogP contribution in [-0.4, -0.2) is 14.6 Å². The molecule has 0 radical (unpaired) electrons. The summed E-state index contributed by atoms with van der Waals surface area (Å²) >= 11 is 16.9. The van der Waals surface area contributed by atoms with Gasteiger partial charge in [0.2, 0.25) is 4.96 Å². The summed E-state index contributed by atoms with van der Waals surface area (Å²) < 4.78 is 2.89. The molecule has 0 N–H and O–H groups in total. The molecule has 0 saturated heterocycles. The van der Waals surface area contributed by atoms with Crippen molar-refractivity contribution in [3.63, 3.8) is 0 Å². The lowest BCUT2D eigenvalue weighted by molar-refractivity contribution is 1.09. The fourth-order valence-corrected chi connectivity index (χ4v) is 4.27. The summed E-state index contributed by atoms with van der Waals surface area (Å²) in [5.41, 5.74) is 1.35. The van der Waals surface area contributed by atoms with Gasteiger partial charge in [0, 0.05) is 20.1 Å². The molecule has 4 rings (SSSR count). The monoisotopic (exact) mass is 451 g/mol. The lowest BCUT2D eigenvalue weighted by Gasteiger charge is -1.99. The second kappa shape index (κ2) is 6.53. The Balaban J connectivity index is 1.94. The zero-order valence-electron chi connectivity index (χ0n) is 12.4. The number of aromatic nitrogens is 3. The molecule has 25 heavy (non-hydrogen) atoms. The first-order chi connectivity index (χ1) is 12.0. The average molecular weight is 453 g/mol. The van der Waals surface area contributed by atoms with Gasteiger partial charge in [0.05, 0.1) is 4.53 Å². The van der Waals surface area contributed by atoms with Gasteiger partial charge in [0.25, 0.3) is 5.56 Å². The van der Waals surface area contributed by atoms with E-state index in [0.29, 0.717) is 25.4 Å². The van der Waals surface area contributed by atoms with Crippen LogP contribution in [0, 0.1) is 0 Å². The van der Waals surface area contributed by atoms with Crippen LogP contribution >= 0.6 is 50.5 Å². The maximum atomic E-state index is 12.9. The summed E-state index contributed by atoms with van der Waals surface area (Å²) in [6.07, 6.45) is 1.74. The maximum Gasteiger partial charge on any atom is 0.276 e. The van der Waals surface area contributed by atoms with Gasteiger partial charge in [-0.2, -0.15) is 0 Å². The maximum absolute atomic E-state index is 12.9. The van der Waals surface area contributed by atoms with Gasteiger partial charge in [-0.05, 0) is 29.8 Å². The Bertz CT molecular complexity index is 1220. The molecule has 0 fully saturated rings. The summed E-state index contributed by atoms with van der Waals surface area (Å²) in [6, 6.07) is 12.7. The summed E-state index contributed by atoms with van der Waals surface area (Å²) in [7, 11) is 0. The van der Waals surface area contributed by atoms with Crippen molar-refractivity contribution >= 4 is 61.5 Å². The van der Waals surface area contributed by atoms with Gasteiger partial charge >= 0.3 is 0 Å². The van der Waals surface area contributed by atoms with E-state index in [1.54, 1.807) is 24.3 Å². The van der Waals surface area contributed by atoms with Crippen molar-refractivity contribution in [3.05, 3.63) is 77.4 Å². The predicted molar refractivity (Wildman–Crippen MR) is 106 cm³/mol. The van der Waals surface area contributed by atoms with Crippen LogP contribution in [0.25, 0.3) is 22.4 Å². The molecule has 0 bridgehead atoms. The Hall–Kier alpha value is -1.73. The molecule has 0 aliphatic heterocycles. The van der Waals surface area contributed by atoms with Crippen molar-refractivity contribution in [3.8, 4) is 11.4 Å². The molecular formula is C17H8BrCl2N3OS. The first-order valence-electron chi connectivity index (χ1n) is 7.14. The topological polar surface area (TPSA) is 47.3 Å². The van der Waals surface area contributed by atoms with Crippen LogP contribution < -0.4 is 10.1 Å². The van der Waals surface area contributed by atoms with Gasteiger partial charge in [0.15, 0.2) is 5.82 Å². The third kappa shape index (κ3) is 3.00. The van der Waals surface area contributed by atoms with Crippen molar-refractivity contribution in [1.82, 2.24) is 14.6 Å². The van der Waals surface area contributed by atoms with Crippen LogP contribution in [0.3, 0.4) is 0 Å². The molecule has 4 nitrogen and oxygen atoms in total. The first-order valence-corrected chi connectivity index (χ1v) is 9.51. The Morgan fingerprint density at radius 2 is 1.92 bits per heavy atom. The van der Waals surface area contributed by atoms with Crippen molar-refractivity contribution in [2.75, 3.05) is 0 Å². The predicted octanol–water partition coefficient (Wildman–Crippen LogP) is 4.44. The van der Waals surface area contributed by atoms with E-state index in [1.807, 2.05) is 24.3 Å². The number of benzene rings is 2. The van der Waals surface area contributed by atoms with Crippen molar-refractivity contribution in [2.45, 2.75) is 0 Å². The fraction of sp³-hybridized carbons (Fsp3) is 0. The number of nitrogens with zero attached hydrogens (tertiary/aromatic N) is 3. The van der Waals surface area contributed by atoms with E-state index >= 15 is 0 Å². The normalized spacial score (nSPS) is 12.2. The molecule has 124 valence electrons. The van der Waals surface area contributed by atoms with E-state index in [2.05, 4.69) is 26.1 Å². The van der Waals surface area contributed by atoms with Crippen LogP contribution in [0.4, 0.5) is 0 Å². The van der Waals surface area contributed by atoms with Gasteiger partial charge in [-0.1, -0.05) is 74.7 Å². The number of hydrogen-bond donors (Lipinski definition) is 0. The standard InChI is InChI=1S/C17H8BrCl2N3OS/c18-12-4-2-1-3-11(12)15-21-22-17-23(15)16(24)14(25-17)7-9-5-6-10(19)8-13(9)20/h1-8H. The summed E-state index contributed by atoms with van der Waals surface area (Å²) in [4.78, 5) is 13.4. The highest BCUT2D eigenvalue weighted by atomic mass is 79.9. The Labute approximate surface area is 164 Å². The molecule has 0 spiro atoms. The fourth-order valence-electron chi connectivity index (χ4n) is 2.44. The molecule has 0 aliphatic rings. The van der Waals surface area contributed by atoms with E-state index < -0.39 is 0 Å². The number of rotatable bonds is 2. The molecule has 0 aliphatic carbocycles. The first kappa shape index (κ1) is 16.7. The van der Waals surface area contributed by atoms with Crippen LogP contribution in [-0.2, 0) is 0 Å². The second-order valence-electron chi connectivity index (χ2n) is 5.20. The van der Waals surface area contributed by atoms with E-state index in [-0.39, 0.29) is 5.56 Å². The molecule has 0 unspecified atom stereocenters. The van der Waals surface area contributed by atoms with Crippen LogP contribution in [0.15, 0.2) is 51.7 Å². The minimum Gasteiger partial charge on any atom is -0.267 e. The van der Waals surface area contributed by atoms with Crippen molar-refractivity contribution < 1.29 is 0 Å². The minimum atomic E-state index is -0.179. The van der Waals surface area contributed by atoms with E-state index in [1.165, 1.54) is 15.7 Å². The van der Waals surface area contributed by atoms with Gasteiger partial charge in [-0.3, -0.25) is 4.79 Å². The molecule has 2 heterocycles. The highest BCUT2D eigenvalue weighted by Crippen LogP contribution is 2.26. The van der Waals surface area contributed by atoms with Gasteiger partial charge in [0.1, 0.15) is 0 Å². The highest BCUT2D eigenvalue weighted by molar-refractivity contribution is 9.10. The SMILES string of the molecule is O=c1c(=Cc2ccc(Cl)cc2Cl)sc2nnc(-c3ccccc3Br)n12. The largest absolute Gasteiger partial charge is 0.276 e. The average Bonchev–Trinajstić information content (AvgIpc) is 3.12. The molecular weight excluding hydrogens is 445 g/mol. The number of fused-ring (bicyclic) bond motifs is 1. The quantitative estimate of drug-likeness (QED) is 0.451. The molecule has 4 aromatic rings. The van der Waals surface area contributed by atoms with Crippen LogP contribution in [0.2, 0.25) is 10.0 Å². The Morgan fingerprint density at radius 1 is 1.12 bits per heavy atom. The summed E-state index contributed by atoms with van der Waals surface area (Å²) in [6.45, 7) is 0. The van der Waals surface area contributed by atoms with Gasteiger partial charge in [-0.25, -0.2) is 4.40 Å². The number of halogens is 3. The lowest BCUT2D eigenvalue weighted by atomic mass is 10.2. The van der Waals surface area contributed by atoms with Crippen molar-refractivity contribution in [1.29, 1.82) is 0 Å². The minimum absolute atomic E-state index is 0.179. The number of thiazole rings is 1. The smallest absolute Gasteiger partial charge is 0.267 e. The lowest BCUT2D eigenvalue weighted by Crippen LogP contribution is -2.23. The van der Waals surface area contributed by atoms with Crippen LogP contribution in [0.5, 0.6) is 0 Å². The summed E-state index contributed by atoms with van der Waals surface area (Å²) in [5, 5.41) is 9.33. The van der Waals surface area contributed by atoms with E-state index in [4.69, 9.17) is 23.2 Å². The van der Waals surface area contributed by atoms with Gasteiger partial charge in [-0.15, -0.1) is 10.2 Å². The van der Waals surface area contributed by atoms with Crippen LogP contribution in [0.1, 0.15) is 5.56 Å². The summed E-state index contributed by atoms with van der Waals surface area (Å²) in [5.74, 6) is 0.505. The van der Waals surface area contributed by atoms with Gasteiger partial charge < -0.3 is 0 Å². The molecule has 2 aromatic carbocycles. The third-order valence-corrected chi connectivity index (χ3v) is 5.83. The molecule has 2 aromatic heterocycles. The highest BCUT2D eigenvalue weighted by Gasteiger charge is 2.16. The van der Waals surface area contributed by atoms with Crippen molar-refractivity contribution in [2.24, 2.45) is 0 Å². The third-order valence-electron chi connectivity index (χ3n) is 3.61. The Morgan fingerprint density at radius 3 is 2.68 bits per heavy atom. The molecule has 0 atom stereocenters.